The largest absolute Gasteiger partial charge is 0.332 e. The molecule has 0 aliphatic rings. The zero-order chi connectivity index (χ0) is 31.3. The van der Waals surface area contributed by atoms with Crippen molar-refractivity contribution in [2.45, 2.75) is 9.79 Å². The van der Waals surface area contributed by atoms with E-state index in [1.165, 1.54) is 36.4 Å². The lowest BCUT2D eigenvalue weighted by molar-refractivity contribution is -0.115. The van der Waals surface area contributed by atoms with Gasteiger partial charge in [0.1, 0.15) is 11.6 Å². The van der Waals surface area contributed by atoms with Crippen LogP contribution >= 0.6 is 46.0 Å². The number of hydrogen-bond acceptors (Lipinski definition) is 6. The molecule has 0 spiro atoms. The molecule has 4 aromatic rings. The summed E-state index contributed by atoms with van der Waals surface area (Å²) in [6.07, 6.45) is 5.78. The summed E-state index contributed by atoms with van der Waals surface area (Å²) in [5.41, 5.74) is 2.82. The smallest absolute Gasteiger partial charge is 0.250 e. The standard InChI is InChI=1S/C32H24F2N4O2S4/c33-23-7-1-21(2-8-23)5-19-29(39)37-31(41)35-25-11-15-27(16-12-25)43-44-28-17-13-26(14-18-28)36-32(42)38-30(40)20-6-22-3-9-24(34)10-4-22/h1-20H,(H2,35,37,39,41)(H2,36,38,40,42). The lowest BCUT2D eigenvalue weighted by atomic mass is 10.2. The highest BCUT2D eigenvalue weighted by Gasteiger charge is 2.05. The van der Waals surface area contributed by atoms with E-state index in [0.29, 0.717) is 11.1 Å². The molecular formula is C32H24F2N4O2S4. The van der Waals surface area contributed by atoms with Crippen LogP contribution in [-0.4, -0.2) is 22.0 Å². The molecule has 0 aliphatic heterocycles. The summed E-state index contributed by atoms with van der Waals surface area (Å²) in [5, 5.41) is 11.4. The van der Waals surface area contributed by atoms with Crippen LogP contribution in [0.2, 0.25) is 0 Å². The highest BCUT2D eigenvalue weighted by molar-refractivity contribution is 8.76. The van der Waals surface area contributed by atoms with Crippen molar-refractivity contribution in [1.29, 1.82) is 0 Å². The van der Waals surface area contributed by atoms with Crippen LogP contribution in [0.3, 0.4) is 0 Å². The first-order valence-corrected chi connectivity index (χ1v) is 15.8. The number of carbonyl (C=O) groups excluding carboxylic acids is 2. The topological polar surface area (TPSA) is 82.3 Å². The van der Waals surface area contributed by atoms with E-state index in [1.54, 1.807) is 58.0 Å². The third kappa shape index (κ3) is 11.4. The van der Waals surface area contributed by atoms with Crippen molar-refractivity contribution in [2.24, 2.45) is 0 Å². The molecular weight excluding hydrogens is 639 g/mol. The van der Waals surface area contributed by atoms with Gasteiger partial charge in [0.05, 0.1) is 0 Å². The number of anilines is 2. The van der Waals surface area contributed by atoms with Gasteiger partial charge in [0.2, 0.25) is 11.8 Å². The van der Waals surface area contributed by atoms with Crippen molar-refractivity contribution in [2.75, 3.05) is 10.6 Å². The maximum atomic E-state index is 13.0. The molecule has 6 nitrogen and oxygen atoms in total. The van der Waals surface area contributed by atoms with E-state index in [4.69, 9.17) is 24.4 Å². The van der Waals surface area contributed by atoms with Crippen LogP contribution < -0.4 is 21.3 Å². The first-order valence-electron chi connectivity index (χ1n) is 12.9. The summed E-state index contributed by atoms with van der Waals surface area (Å²) in [5.74, 6) is -1.49. The fraction of sp³-hybridized carbons (Fsp3) is 0. The number of hydrogen-bond donors (Lipinski definition) is 4. The van der Waals surface area contributed by atoms with E-state index in [1.807, 2.05) is 48.5 Å². The Morgan fingerprint density at radius 2 is 0.886 bits per heavy atom. The highest BCUT2D eigenvalue weighted by atomic mass is 33.1. The predicted octanol–water partition coefficient (Wildman–Crippen LogP) is 7.82. The summed E-state index contributed by atoms with van der Waals surface area (Å²) < 4.78 is 26.0. The van der Waals surface area contributed by atoms with E-state index >= 15 is 0 Å². The van der Waals surface area contributed by atoms with Crippen molar-refractivity contribution in [3.05, 3.63) is 132 Å². The van der Waals surface area contributed by atoms with Gasteiger partial charge in [-0.1, -0.05) is 45.9 Å². The Labute approximate surface area is 271 Å². The molecule has 2 amide bonds. The summed E-state index contributed by atoms with van der Waals surface area (Å²) in [6.45, 7) is 0. The number of rotatable bonds is 9. The van der Waals surface area contributed by atoms with Gasteiger partial charge in [-0.25, -0.2) is 8.78 Å². The quantitative estimate of drug-likeness (QED) is 0.0821. The van der Waals surface area contributed by atoms with E-state index in [9.17, 15) is 18.4 Å². The van der Waals surface area contributed by atoms with Crippen molar-refractivity contribution in [3.8, 4) is 0 Å². The van der Waals surface area contributed by atoms with E-state index < -0.39 is 11.8 Å². The van der Waals surface area contributed by atoms with Crippen molar-refractivity contribution >= 4 is 91.6 Å². The minimum atomic E-state index is -0.404. The summed E-state index contributed by atoms with van der Waals surface area (Å²) in [6, 6.07) is 26.7. The van der Waals surface area contributed by atoms with Crippen LogP contribution in [-0.2, 0) is 9.59 Å². The maximum Gasteiger partial charge on any atom is 0.250 e. The number of carbonyl (C=O) groups is 2. The van der Waals surface area contributed by atoms with Gasteiger partial charge in [-0.15, -0.1) is 0 Å². The zero-order valence-electron chi connectivity index (χ0n) is 22.8. The van der Waals surface area contributed by atoms with Gasteiger partial charge < -0.3 is 10.6 Å². The van der Waals surface area contributed by atoms with E-state index in [-0.39, 0.29) is 21.9 Å². The molecule has 0 aromatic heterocycles. The van der Waals surface area contributed by atoms with Gasteiger partial charge >= 0.3 is 0 Å². The first-order chi connectivity index (χ1) is 21.2. The second-order valence-electron chi connectivity index (χ2n) is 8.87. The monoisotopic (exact) mass is 662 g/mol. The zero-order valence-corrected chi connectivity index (χ0v) is 26.0. The number of thiocarbonyl (C=S) groups is 2. The molecule has 0 atom stereocenters. The maximum absolute atomic E-state index is 13.0. The van der Waals surface area contributed by atoms with E-state index in [0.717, 1.165) is 21.2 Å². The lowest BCUT2D eigenvalue weighted by Crippen LogP contribution is -2.32. The first kappa shape index (κ1) is 32.6. The highest BCUT2D eigenvalue weighted by Crippen LogP contribution is 2.38. The Morgan fingerprint density at radius 3 is 1.23 bits per heavy atom. The molecule has 4 rings (SSSR count). The van der Waals surface area contributed by atoms with Crippen LogP contribution in [0.15, 0.2) is 119 Å². The van der Waals surface area contributed by atoms with Crippen LogP contribution in [0.4, 0.5) is 20.2 Å². The summed E-state index contributed by atoms with van der Waals surface area (Å²) >= 11 is 10.4. The molecule has 12 heteroatoms. The number of benzene rings is 4. The van der Waals surface area contributed by atoms with Crippen molar-refractivity contribution in [1.82, 2.24) is 10.6 Å². The molecule has 0 radical (unpaired) electrons. The molecule has 4 aromatic carbocycles. The second-order valence-corrected chi connectivity index (χ2v) is 12.0. The third-order valence-corrected chi connectivity index (χ3v) is 8.35. The van der Waals surface area contributed by atoms with E-state index in [2.05, 4.69) is 21.3 Å². The van der Waals surface area contributed by atoms with Gasteiger partial charge in [0, 0.05) is 33.3 Å². The SMILES string of the molecule is O=C(C=Cc1ccc(F)cc1)NC(=S)Nc1ccc(SSc2ccc(NC(=S)NC(=O)C=Cc3ccc(F)cc3)cc2)cc1. The fourth-order valence-electron chi connectivity index (χ4n) is 3.41. The molecule has 0 saturated heterocycles. The number of nitrogens with one attached hydrogen (secondary N) is 4. The summed E-state index contributed by atoms with van der Waals surface area (Å²) in [4.78, 5) is 26.2. The Bertz CT molecular complexity index is 1550. The van der Waals surface area contributed by atoms with Crippen LogP contribution in [0, 0.1) is 11.6 Å². The lowest BCUT2D eigenvalue weighted by Gasteiger charge is -2.10. The number of halogens is 2. The molecule has 0 bridgehead atoms. The van der Waals surface area contributed by atoms with Gasteiger partial charge in [-0.05, 0) is 121 Å². The Morgan fingerprint density at radius 1 is 0.545 bits per heavy atom. The minimum absolute atomic E-state index is 0.155. The molecule has 222 valence electrons. The van der Waals surface area contributed by atoms with Crippen LogP contribution in [0.25, 0.3) is 12.2 Å². The molecule has 0 unspecified atom stereocenters. The average molecular weight is 663 g/mol. The van der Waals surface area contributed by atoms with Crippen LogP contribution in [0.5, 0.6) is 0 Å². The molecule has 0 saturated carbocycles. The molecule has 0 aliphatic carbocycles. The number of amides is 2. The Hall–Kier alpha value is -4.36. The second kappa shape index (κ2) is 16.5. The normalized spacial score (nSPS) is 10.9. The van der Waals surface area contributed by atoms with Gasteiger partial charge in [0.15, 0.2) is 10.2 Å². The minimum Gasteiger partial charge on any atom is -0.332 e. The van der Waals surface area contributed by atoms with Gasteiger partial charge in [0.25, 0.3) is 0 Å². The average Bonchev–Trinajstić information content (AvgIpc) is 3.01. The molecule has 0 heterocycles. The Kier molecular flexibility index (Phi) is 12.2. The fourth-order valence-corrected chi connectivity index (χ4v) is 5.78. The van der Waals surface area contributed by atoms with Gasteiger partial charge in [-0.3, -0.25) is 20.2 Å². The van der Waals surface area contributed by atoms with Crippen molar-refractivity contribution < 1.29 is 18.4 Å². The van der Waals surface area contributed by atoms with Gasteiger partial charge in [-0.2, -0.15) is 0 Å². The summed E-state index contributed by atoms with van der Waals surface area (Å²) in [7, 11) is 3.14. The third-order valence-electron chi connectivity index (χ3n) is 5.53. The van der Waals surface area contributed by atoms with Crippen molar-refractivity contribution in [3.63, 3.8) is 0 Å². The Balaban J connectivity index is 1.17. The molecule has 0 fully saturated rings. The molecule has 44 heavy (non-hydrogen) atoms. The molecule has 4 N–H and O–H groups in total. The predicted molar refractivity (Wildman–Crippen MR) is 184 cm³/mol. The van der Waals surface area contributed by atoms with Crippen LogP contribution in [0.1, 0.15) is 11.1 Å².